The Balaban J connectivity index is 1.88. The van der Waals surface area contributed by atoms with Gasteiger partial charge >= 0.3 is 11.9 Å². The summed E-state index contributed by atoms with van der Waals surface area (Å²) in [6, 6.07) is 11.5. The second-order valence-corrected chi connectivity index (χ2v) is 6.78. The van der Waals surface area contributed by atoms with E-state index in [2.05, 4.69) is 34.4 Å². The SMILES string of the molecule is CC(C)c1ccc(Nc2ncnc(Nc3ccc(C(F)(F)F)cc3)c2[N+](=O)[O-])cc1. The second kappa shape index (κ2) is 8.36. The summed E-state index contributed by atoms with van der Waals surface area (Å²) in [6.45, 7) is 4.10. The molecule has 0 spiro atoms. The maximum absolute atomic E-state index is 12.7. The van der Waals surface area contributed by atoms with Crippen LogP contribution in [0.1, 0.15) is 30.9 Å². The summed E-state index contributed by atoms with van der Waals surface area (Å²) in [6.07, 6.45) is -3.34. The Morgan fingerprint density at radius 2 is 1.37 bits per heavy atom. The first-order chi connectivity index (χ1) is 14.1. The fourth-order valence-corrected chi connectivity index (χ4v) is 2.70. The maximum atomic E-state index is 12.7. The van der Waals surface area contributed by atoms with Gasteiger partial charge in [-0.25, -0.2) is 9.97 Å². The van der Waals surface area contributed by atoms with Gasteiger partial charge in [-0.2, -0.15) is 13.2 Å². The smallest absolute Gasteiger partial charge is 0.334 e. The third kappa shape index (κ3) is 4.83. The molecule has 2 N–H and O–H groups in total. The van der Waals surface area contributed by atoms with Crippen molar-refractivity contribution in [1.29, 1.82) is 0 Å². The fourth-order valence-electron chi connectivity index (χ4n) is 2.70. The Kier molecular flexibility index (Phi) is 5.86. The number of nitrogens with one attached hydrogen (secondary N) is 2. The first-order valence-electron chi connectivity index (χ1n) is 8.96. The Hall–Kier alpha value is -3.69. The largest absolute Gasteiger partial charge is 0.416 e. The lowest BCUT2D eigenvalue weighted by Crippen LogP contribution is -2.06. The summed E-state index contributed by atoms with van der Waals surface area (Å²) in [5.41, 5.74) is 0.684. The molecule has 1 heterocycles. The lowest BCUT2D eigenvalue weighted by atomic mass is 10.0. The van der Waals surface area contributed by atoms with Gasteiger partial charge in [-0.15, -0.1) is 0 Å². The van der Waals surface area contributed by atoms with Crippen molar-refractivity contribution in [2.75, 3.05) is 10.6 Å². The number of benzene rings is 2. The van der Waals surface area contributed by atoms with E-state index in [1.807, 2.05) is 12.1 Å². The number of hydrogen-bond acceptors (Lipinski definition) is 6. The van der Waals surface area contributed by atoms with Gasteiger partial charge in [0.2, 0.25) is 11.6 Å². The lowest BCUT2D eigenvalue weighted by Gasteiger charge is -2.12. The van der Waals surface area contributed by atoms with Crippen molar-refractivity contribution in [3.05, 3.63) is 76.1 Å². The number of hydrogen-bond donors (Lipinski definition) is 2. The van der Waals surface area contributed by atoms with Crippen molar-refractivity contribution in [1.82, 2.24) is 9.97 Å². The summed E-state index contributed by atoms with van der Waals surface area (Å²) in [4.78, 5) is 18.8. The number of anilines is 4. The zero-order valence-electron chi connectivity index (χ0n) is 16.1. The topological polar surface area (TPSA) is 93.0 Å². The van der Waals surface area contributed by atoms with Gasteiger partial charge in [0.25, 0.3) is 0 Å². The van der Waals surface area contributed by atoms with Crippen LogP contribution in [0.3, 0.4) is 0 Å². The van der Waals surface area contributed by atoms with Crippen molar-refractivity contribution in [3.8, 4) is 0 Å². The maximum Gasteiger partial charge on any atom is 0.416 e. The standard InChI is InChI=1S/C20H18F3N5O2/c1-12(2)13-3-7-15(8-4-13)26-18-17(28(29)30)19(25-11-24-18)27-16-9-5-14(6-10-16)20(21,22)23/h3-12H,1-2H3,(H2,24,25,26,27). The van der Waals surface area contributed by atoms with Crippen LogP contribution in [0.4, 0.5) is 41.9 Å². The lowest BCUT2D eigenvalue weighted by molar-refractivity contribution is -0.383. The quantitative estimate of drug-likeness (QED) is 0.377. The molecule has 0 bridgehead atoms. The van der Waals surface area contributed by atoms with E-state index in [4.69, 9.17) is 0 Å². The molecule has 0 aliphatic heterocycles. The minimum Gasteiger partial charge on any atom is -0.334 e. The molecule has 10 heteroatoms. The van der Waals surface area contributed by atoms with Gasteiger partial charge in [-0.05, 0) is 47.9 Å². The molecule has 3 rings (SSSR count). The predicted octanol–water partition coefficient (Wildman–Crippen LogP) is 6.01. The number of rotatable bonds is 6. The van der Waals surface area contributed by atoms with Crippen LogP contribution in [-0.2, 0) is 6.18 Å². The van der Waals surface area contributed by atoms with E-state index in [1.54, 1.807) is 12.1 Å². The third-order valence-electron chi connectivity index (χ3n) is 4.32. The van der Waals surface area contributed by atoms with Crippen LogP contribution < -0.4 is 10.6 Å². The van der Waals surface area contributed by atoms with E-state index in [-0.39, 0.29) is 17.3 Å². The van der Waals surface area contributed by atoms with Gasteiger partial charge in [0.1, 0.15) is 6.33 Å². The van der Waals surface area contributed by atoms with Crippen LogP contribution in [0, 0.1) is 10.1 Å². The molecule has 0 amide bonds. The highest BCUT2D eigenvalue weighted by Gasteiger charge is 2.30. The van der Waals surface area contributed by atoms with Gasteiger partial charge < -0.3 is 10.6 Å². The molecule has 0 atom stereocenters. The summed E-state index contributed by atoms with van der Waals surface area (Å²) >= 11 is 0. The summed E-state index contributed by atoms with van der Waals surface area (Å²) in [5.74, 6) is 0.157. The van der Waals surface area contributed by atoms with Gasteiger partial charge in [0.05, 0.1) is 10.5 Å². The van der Waals surface area contributed by atoms with Crippen molar-refractivity contribution < 1.29 is 18.1 Å². The van der Waals surface area contributed by atoms with E-state index in [0.29, 0.717) is 11.6 Å². The molecule has 0 saturated carbocycles. The minimum atomic E-state index is -4.47. The van der Waals surface area contributed by atoms with E-state index in [1.165, 1.54) is 12.1 Å². The van der Waals surface area contributed by atoms with Crippen LogP contribution >= 0.6 is 0 Å². The summed E-state index contributed by atoms with van der Waals surface area (Å²) in [5, 5.41) is 17.2. The Morgan fingerprint density at radius 3 is 1.77 bits per heavy atom. The first kappa shape index (κ1) is 21.0. The highest BCUT2D eigenvalue weighted by atomic mass is 19.4. The van der Waals surface area contributed by atoms with Gasteiger partial charge in [-0.1, -0.05) is 26.0 Å². The molecule has 156 valence electrons. The van der Waals surface area contributed by atoms with E-state index >= 15 is 0 Å². The normalized spacial score (nSPS) is 11.4. The Labute approximate surface area is 170 Å². The third-order valence-corrected chi connectivity index (χ3v) is 4.32. The number of alkyl halides is 3. The number of nitrogens with zero attached hydrogens (tertiary/aromatic N) is 3. The molecular weight excluding hydrogens is 399 g/mol. The van der Waals surface area contributed by atoms with E-state index < -0.39 is 22.4 Å². The van der Waals surface area contributed by atoms with Gasteiger partial charge in [-0.3, -0.25) is 10.1 Å². The van der Waals surface area contributed by atoms with Crippen molar-refractivity contribution in [3.63, 3.8) is 0 Å². The average molecular weight is 417 g/mol. The fraction of sp³-hybridized carbons (Fsp3) is 0.200. The summed E-state index contributed by atoms with van der Waals surface area (Å²) in [7, 11) is 0. The van der Waals surface area contributed by atoms with E-state index in [9.17, 15) is 23.3 Å². The molecule has 0 saturated heterocycles. The molecule has 7 nitrogen and oxygen atoms in total. The first-order valence-corrected chi connectivity index (χ1v) is 8.96. The highest BCUT2D eigenvalue weighted by Crippen LogP contribution is 2.34. The molecule has 0 aliphatic carbocycles. The zero-order valence-corrected chi connectivity index (χ0v) is 16.1. The molecule has 0 radical (unpaired) electrons. The highest BCUT2D eigenvalue weighted by molar-refractivity contribution is 5.76. The van der Waals surface area contributed by atoms with Crippen molar-refractivity contribution in [2.45, 2.75) is 25.9 Å². The molecule has 0 aliphatic rings. The van der Waals surface area contributed by atoms with Crippen LogP contribution in [-0.4, -0.2) is 14.9 Å². The van der Waals surface area contributed by atoms with Crippen molar-refractivity contribution >= 4 is 28.7 Å². The number of halogens is 3. The molecular formula is C20H18F3N5O2. The molecule has 1 aromatic heterocycles. The Bertz CT molecular complexity index is 1040. The minimum absolute atomic E-state index is 0.0401. The second-order valence-electron chi connectivity index (χ2n) is 6.78. The number of aromatic nitrogens is 2. The van der Waals surface area contributed by atoms with Gasteiger partial charge in [0.15, 0.2) is 0 Å². The molecule has 0 unspecified atom stereocenters. The average Bonchev–Trinajstić information content (AvgIpc) is 2.68. The van der Waals surface area contributed by atoms with Crippen LogP contribution in [0.2, 0.25) is 0 Å². The molecule has 30 heavy (non-hydrogen) atoms. The molecule has 0 fully saturated rings. The van der Waals surface area contributed by atoms with Crippen LogP contribution in [0.15, 0.2) is 54.9 Å². The molecule has 2 aromatic carbocycles. The van der Waals surface area contributed by atoms with Crippen LogP contribution in [0.5, 0.6) is 0 Å². The van der Waals surface area contributed by atoms with Crippen molar-refractivity contribution in [2.24, 2.45) is 0 Å². The monoisotopic (exact) mass is 417 g/mol. The van der Waals surface area contributed by atoms with E-state index in [0.717, 1.165) is 24.0 Å². The Morgan fingerprint density at radius 1 is 0.900 bits per heavy atom. The zero-order chi connectivity index (χ0) is 21.9. The van der Waals surface area contributed by atoms with Gasteiger partial charge in [0, 0.05) is 11.4 Å². The molecule has 3 aromatic rings. The van der Waals surface area contributed by atoms with Crippen LogP contribution in [0.25, 0.3) is 0 Å². The predicted molar refractivity (Wildman–Crippen MR) is 107 cm³/mol. The number of nitro groups is 1. The summed E-state index contributed by atoms with van der Waals surface area (Å²) < 4.78 is 38.1.